The van der Waals surface area contributed by atoms with E-state index >= 15 is 0 Å². The molecule has 1 N–H and O–H groups in total. The SMILES string of the molecule is CCOC(=O)c1ccc(NC(=O)c2ccc(N3CCCCC3)cc2)cc1Cl. The Labute approximate surface area is 164 Å². The normalized spacial score (nSPS) is 13.9. The van der Waals surface area contributed by atoms with E-state index in [4.69, 9.17) is 16.3 Å². The molecule has 1 amide bonds. The number of carbonyl (C=O) groups excluding carboxylic acids is 2. The van der Waals surface area contributed by atoms with Crippen LogP contribution in [0.15, 0.2) is 42.5 Å². The van der Waals surface area contributed by atoms with E-state index in [1.54, 1.807) is 25.1 Å². The van der Waals surface area contributed by atoms with Crippen LogP contribution in [0.4, 0.5) is 11.4 Å². The van der Waals surface area contributed by atoms with Gasteiger partial charge in [0, 0.05) is 30.0 Å². The van der Waals surface area contributed by atoms with E-state index in [-0.39, 0.29) is 23.1 Å². The van der Waals surface area contributed by atoms with E-state index in [1.165, 1.54) is 19.3 Å². The van der Waals surface area contributed by atoms with Crippen molar-refractivity contribution in [2.24, 2.45) is 0 Å². The van der Waals surface area contributed by atoms with Gasteiger partial charge < -0.3 is 15.0 Å². The van der Waals surface area contributed by atoms with E-state index < -0.39 is 5.97 Å². The zero-order valence-electron chi connectivity index (χ0n) is 15.3. The Bertz CT molecular complexity index is 815. The number of anilines is 2. The number of nitrogens with one attached hydrogen (secondary N) is 1. The molecule has 0 saturated carbocycles. The Morgan fingerprint density at radius 3 is 2.41 bits per heavy atom. The first-order valence-electron chi connectivity index (χ1n) is 9.21. The van der Waals surface area contributed by atoms with Gasteiger partial charge in [0.1, 0.15) is 0 Å². The molecule has 27 heavy (non-hydrogen) atoms. The summed E-state index contributed by atoms with van der Waals surface area (Å²) in [5.74, 6) is -0.700. The van der Waals surface area contributed by atoms with E-state index in [9.17, 15) is 9.59 Å². The predicted octanol–water partition coefficient (Wildman–Crippen LogP) is 4.76. The van der Waals surface area contributed by atoms with Crippen molar-refractivity contribution in [1.29, 1.82) is 0 Å². The molecule has 0 aromatic heterocycles. The molecule has 5 nitrogen and oxygen atoms in total. The van der Waals surface area contributed by atoms with Crippen LogP contribution >= 0.6 is 11.6 Å². The summed E-state index contributed by atoms with van der Waals surface area (Å²) in [7, 11) is 0. The molecule has 1 fully saturated rings. The smallest absolute Gasteiger partial charge is 0.339 e. The van der Waals surface area contributed by atoms with Gasteiger partial charge in [-0.05, 0) is 68.7 Å². The molecule has 142 valence electrons. The summed E-state index contributed by atoms with van der Waals surface area (Å²) in [5, 5.41) is 3.05. The standard InChI is InChI=1S/C21H23ClN2O3/c1-2-27-21(26)18-11-8-16(14-19(18)22)23-20(25)15-6-9-17(10-7-15)24-12-4-3-5-13-24/h6-11,14H,2-5,12-13H2,1H3,(H,23,25). The van der Waals surface area contributed by atoms with Crippen LogP contribution in [-0.2, 0) is 4.74 Å². The number of hydrogen-bond donors (Lipinski definition) is 1. The quantitative estimate of drug-likeness (QED) is 0.752. The molecule has 2 aromatic carbocycles. The number of esters is 1. The lowest BCUT2D eigenvalue weighted by Gasteiger charge is -2.28. The largest absolute Gasteiger partial charge is 0.462 e. The molecule has 6 heteroatoms. The first-order valence-corrected chi connectivity index (χ1v) is 9.59. The third-order valence-electron chi connectivity index (χ3n) is 4.57. The van der Waals surface area contributed by atoms with Gasteiger partial charge in [-0.3, -0.25) is 4.79 Å². The summed E-state index contributed by atoms with van der Waals surface area (Å²) in [5.41, 5.74) is 2.52. The molecule has 0 atom stereocenters. The minimum Gasteiger partial charge on any atom is -0.462 e. The molecule has 1 saturated heterocycles. The lowest BCUT2D eigenvalue weighted by molar-refractivity contribution is 0.0526. The number of benzene rings is 2. The first-order chi connectivity index (χ1) is 13.1. The number of hydrogen-bond acceptors (Lipinski definition) is 4. The Morgan fingerprint density at radius 1 is 1.07 bits per heavy atom. The molecule has 0 spiro atoms. The Morgan fingerprint density at radius 2 is 1.78 bits per heavy atom. The van der Waals surface area contributed by atoms with Crippen LogP contribution in [0.25, 0.3) is 0 Å². The maximum absolute atomic E-state index is 12.5. The molecule has 2 aromatic rings. The molecule has 0 unspecified atom stereocenters. The van der Waals surface area contributed by atoms with Gasteiger partial charge in [-0.1, -0.05) is 11.6 Å². The van der Waals surface area contributed by atoms with Crippen LogP contribution in [0.5, 0.6) is 0 Å². The van der Waals surface area contributed by atoms with E-state index in [0.29, 0.717) is 11.3 Å². The molecular formula is C21H23ClN2O3. The topological polar surface area (TPSA) is 58.6 Å². The highest BCUT2D eigenvalue weighted by Gasteiger charge is 2.14. The van der Waals surface area contributed by atoms with Crippen LogP contribution in [0.2, 0.25) is 5.02 Å². The van der Waals surface area contributed by atoms with Gasteiger partial charge in [0.05, 0.1) is 17.2 Å². The van der Waals surface area contributed by atoms with Crippen molar-refractivity contribution >= 4 is 34.9 Å². The van der Waals surface area contributed by atoms with Gasteiger partial charge in [0.25, 0.3) is 5.91 Å². The number of carbonyl (C=O) groups is 2. The van der Waals surface area contributed by atoms with Crippen molar-refractivity contribution in [2.75, 3.05) is 29.9 Å². The number of piperidine rings is 1. The van der Waals surface area contributed by atoms with Crippen LogP contribution in [-0.4, -0.2) is 31.6 Å². The summed E-state index contributed by atoms with van der Waals surface area (Å²) in [6.07, 6.45) is 3.71. The van der Waals surface area contributed by atoms with Crippen molar-refractivity contribution in [3.05, 3.63) is 58.6 Å². The van der Waals surface area contributed by atoms with E-state index in [1.807, 2.05) is 24.3 Å². The number of halogens is 1. The van der Waals surface area contributed by atoms with Crippen LogP contribution < -0.4 is 10.2 Å². The first kappa shape index (κ1) is 19.2. The van der Waals surface area contributed by atoms with Gasteiger partial charge >= 0.3 is 5.97 Å². The molecule has 0 aliphatic carbocycles. The fraction of sp³-hybridized carbons (Fsp3) is 0.333. The Balaban J connectivity index is 1.66. The van der Waals surface area contributed by atoms with Crippen molar-refractivity contribution in [3.63, 3.8) is 0 Å². The Kier molecular flexibility index (Phi) is 6.35. The lowest BCUT2D eigenvalue weighted by Crippen LogP contribution is -2.29. The zero-order chi connectivity index (χ0) is 19.2. The summed E-state index contributed by atoms with van der Waals surface area (Å²) >= 11 is 6.14. The van der Waals surface area contributed by atoms with E-state index in [2.05, 4.69) is 10.2 Å². The van der Waals surface area contributed by atoms with Gasteiger partial charge in [-0.25, -0.2) is 4.79 Å². The monoisotopic (exact) mass is 386 g/mol. The van der Waals surface area contributed by atoms with Crippen molar-refractivity contribution in [1.82, 2.24) is 0 Å². The van der Waals surface area contributed by atoms with Gasteiger partial charge in [0.2, 0.25) is 0 Å². The molecule has 1 aliphatic rings. The number of rotatable bonds is 5. The van der Waals surface area contributed by atoms with Crippen LogP contribution in [0, 0.1) is 0 Å². The number of amides is 1. The maximum atomic E-state index is 12.5. The lowest BCUT2D eigenvalue weighted by atomic mass is 10.1. The minimum atomic E-state index is -0.478. The highest BCUT2D eigenvalue weighted by molar-refractivity contribution is 6.34. The van der Waals surface area contributed by atoms with E-state index in [0.717, 1.165) is 18.8 Å². The predicted molar refractivity (Wildman–Crippen MR) is 108 cm³/mol. The third-order valence-corrected chi connectivity index (χ3v) is 4.89. The second kappa shape index (κ2) is 8.91. The van der Waals surface area contributed by atoms with Crippen LogP contribution in [0.1, 0.15) is 46.9 Å². The average molecular weight is 387 g/mol. The Hall–Kier alpha value is -2.53. The minimum absolute atomic E-state index is 0.222. The molecule has 1 aliphatic heterocycles. The summed E-state index contributed by atoms with van der Waals surface area (Å²) in [6.45, 7) is 4.14. The zero-order valence-corrected chi connectivity index (χ0v) is 16.1. The maximum Gasteiger partial charge on any atom is 0.339 e. The number of ether oxygens (including phenoxy) is 1. The molecule has 0 radical (unpaired) electrons. The van der Waals surface area contributed by atoms with Crippen LogP contribution in [0.3, 0.4) is 0 Å². The summed E-state index contributed by atoms with van der Waals surface area (Å²) < 4.78 is 4.95. The second-order valence-corrected chi connectivity index (χ2v) is 6.87. The van der Waals surface area contributed by atoms with Gasteiger partial charge in [0.15, 0.2) is 0 Å². The van der Waals surface area contributed by atoms with Crippen molar-refractivity contribution < 1.29 is 14.3 Å². The van der Waals surface area contributed by atoms with Crippen molar-refractivity contribution in [3.8, 4) is 0 Å². The third kappa shape index (κ3) is 4.80. The van der Waals surface area contributed by atoms with Gasteiger partial charge in [-0.15, -0.1) is 0 Å². The summed E-state index contributed by atoms with van der Waals surface area (Å²) in [4.78, 5) is 26.6. The highest BCUT2D eigenvalue weighted by Crippen LogP contribution is 2.23. The van der Waals surface area contributed by atoms with Gasteiger partial charge in [-0.2, -0.15) is 0 Å². The number of nitrogens with zero attached hydrogens (tertiary/aromatic N) is 1. The van der Waals surface area contributed by atoms with Crippen molar-refractivity contribution in [2.45, 2.75) is 26.2 Å². The molecule has 3 rings (SSSR count). The molecule has 0 bridgehead atoms. The fourth-order valence-electron chi connectivity index (χ4n) is 3.15. The molecule has 1 heterocycles. The summed E-state index contributed by atoms with van der Waals surface area (Å²) in [6, 6.07) is 12.4. The second-order valence-electron chi connectivity index (χ2n) is 6.46. The highest BCUT2D eigenvalue weighted by atomic mass is 35.5. The average Bonchev–Trinajstić information content (AvgIpc) is 2.69. The molecular weight excluding hydrogens is 364 g/mol. The fourth-order valence-corrected chi connectivity index (χ4v) is 3.40.